The minimum atomic E-state index is -0.949. The zero-order chi connectivity index (χ0) is 30.5. The van der Waals surface area contributed by atoms with E-state index in [-0.39, 0.29) is 17.4 Å². The van der Waals surface area contributed by atoms with Gasteiger partial charge in [0.15, 0.2) is 34.5 Å². The van der Waals surface area contributed by atoms with Crippen molar-refractivity contribution in [1.29, 1.82) is 0 Å². The standard InChI is InChI=1S/C31H33NO10/c1-15(33)42-30-19-12-25(39-6)24(38-5)11-18(19)28-16-9-22(36-3)23(37-4)10-17(16)29(31(28,30)2)20-13-26(40-7)27(41-8)14-21(20)32(34)35/h9-14,28-30H,1-8H3/t28?,29-,30+,31-/m1/s1. The van der Waals surface area contributed by atoms with Gasteiger partial charge in [-0.05, 0) is 47.0 Å². The van der Waals surface area contributed by atoms with Gasteiger partial charge in [0, 0.05) is 35.3 Å². The number of esters is 1. The summed E-state index contributed by atoms with van der Waals surface area (Å²) in [5.41, 5.74) is 2.47. The van der Waals surface area contributed by atoms with Gasteiger partial charge in [0.2, 0.25) is 0 Å². The van der Waals surface area contributed by atoms with Crippen LogP contribution in [0.5, 0.6) is 34.5 Å². The van der Waals surface area contributed by atoms with Crippen LogP contribution in [0, 0.1) is 15.5 Å². The molecular weight excluding hydrogens is 546 g/mol. The van der Waals surface area contributed by atoms with Crippen LogP contribution in [0.2, 0.25) is 0 Å². The Kier molecular flexibility index (Phi) is 7.30. The monoisotopic (exact) mass is 579 g/mol. The summed E-state index contributed by atoms with van der Waals surface area (Å²) in [6.45, 7) is 3.33. The largest absolute Gasteiger partial charge is 0.493 e. The van der Waals surface area contributed by atoms with E-state index in [1.165, 1.54) is 41.4 Å². The quantitative estimate of drug-likeness (QED) is 0.181. The van der Waals surface area contributed by atoms with Crippen LogP contribution in [0.15, 0.2) is 36.4 Å². The highest BCUT2D eigenvalue weighted by Crippen LogP contribution is 2.72. The van der Waals surface area contributed by atoms with E-state index in [4.69, 9.17) is 33.2 Å². The van der Waals surface area contributed by atoms with E-state index in [0.717, 1.165) is 22.3 Å². The number of benzene rings is 3. The molecule has 11 nitrogen and oxygen atoms in total. The topological polar surface area (TPSA) is 125 Å². The lowest BCUT2D eigenvalue weighted by Crippen LogP contribution is -2.32. The first-order valence-corrected chi connectivity index (χ1v) is 13.2. The van der Waals surface area contributed by atoms with Crippen molar-refractivity contribution in [3.63, 3.8) is 0 Å². The van der Waals surface area contributed by atoms with Gasteiger partial charge in [-0.2, -0.15) is 0 Å². The number of carbonyl (C=O) groups is 1. The summed E-state index contributed by atoms with van der Waals surface area (Å²) in [6.07, 6.45) is -0.808. The fourth-order valence-corrected chi connectivity index (χ4v) is 6.91. The Labute approximate surface area is 243 Å². The van der Waals surface area contributed by atoms with Crippen LogP contribution in [0.25, 0.3) is 0 Å². The number of methoxy groups -OCH3 is 6. The highest BCUT2D eigenvalue weighted by atomic mass is 16.6. The van der Waals surface area contributed by atoms with Crippen molar-refractivity contribution in [2.75, 3.05) is 42.7 Å². The van der Waals surface area contributed by atoms with Crippen LogP contribution < -0.4 is 28.4 Å². The third kappa shape index (κ3) is 4.06. The molecule has 1 unspecified atom stereocenters. The Hall–Kier alpha value is -4.67. The van der Waals surface area contributed by atoms with Gasteiger partial charge >= 0.3 is 5.97 Å². The van der Waals surface area contributed by atoms with Crippen LogP contribution in [0.4, 0.5) is 5.69 Å². The number of carbonyl (C=O) groups excluding carboxylic acids is 1. The maximum absolute atomic E-state index is 12.6. The summed E-state index contributed by atoms with van der Waals surface area (Å²) in [5.74, 6) is 0.951. The predicted molar refractivity (Wildman–Crippen MR) is 152 cm³/mol. The van der Waals surface area contributed by atoms with Crippen LogP contribution in [-0.4, -0.2) is 53.6 Å². The molecule has 2 aliphatic rings. The van der Waals surface area contributed by atoms with E-state index in [1.54, 1.807) is 20.3 Å². The lowest BCUT2D eigenvalue weighted by molar-refractivity contribution is -0.385. The summed E-state index contributed by atoms with van der Waals surface area (Å²) in [4.78, 5) is 24.8. The molecule has 0 saturated heterocycles. The second-order valence-corrected chi connectivity index (χ2v) is 10.4. The molecule has 0 heterocycles. The third-order valence-corrected chi connectivity index (χ3v) is 8.53. The average Bonchev–Trinajstić information content (AvgIpc) is 3.37. The predicted octanol–water partition coefficient (Wildman–Crippen LogP) is 5.55. The Morgan fingerprint density at radius 1 is 0.643 bits per heavy atom. The van der Waals surface area contributed by atoms with E-state index in [9.17, 15) is 14.9 Å². The minimum absolute atomic E-state index is 0.159. The van der Waals surface area contributed by atoms with Crippen LogP contribution in [-0.2, 0) is 9.53 Å². The van der Waals surface area contributed by atoms with Gasteiger partial charge in [0.25, 0.3) is 5.69 Å². The molecule has 5 rings (SSSR count). The molecule has 11 heteroatoms. The SMILES string of the molecule is COc1cc2c(cc1OC)[C@H](c1cc(OC)c(OC)cc1[N+](=O)[O-])[C@@]1(C)C2c2cc(OC)c(OC)cc2[C@@H]1OC(C)=O. The molecule has 0 radical (unpaired) electrons. The number of nitro groups is 1. The Bertz CT molecular complexity index is 1580. The van der Waals surface area contributed by atoms with E-state index in [0.29, 0.717) is 34.3 Å². The highest BCUT2D eigenvalue weighted by Gasteiger charge is 2.63. The molecule has 0 bridgehead atoms. The van der Waals surface area contributed by atoms with Crippen molar-refractivity contribution in [1.82, 2.24) is 0 Å². The van der Waals surface area contributed by atoms with Crippen LogP contribution in [0.1, 0.15) is 59.6 Å². The summed E-state index contributed by atoms with van der Waals surface area (Å²) < 4.78 is 39.7. The van der Waals surface area contributed by atoms with Crippen molar-refractivity contribution < 1.29 is 42.9 Å². The number of hydrogen-bond acceptors (Lipinski definition) is 10. The lowest BCUT2D eigenvalue weighted by atomic mass is 9.68. The zero-order valence-electron chi connectivity index (χ0n) is 24.7. The molecule has 222 valence electrons. The van der Waals surface area contributed by atoms with Gasteiger partial charge < -0.3 is 33.2 Å². The number of fused-ring (bicyclic) bond motifs is 5. The summed E-state index contributed by atoms with van der Waals surface area (Å²) in [7, 11) is 9.06. The number of ether oxygens (including phenoxy) is 7. The second kappa shape index (κ2) is 10.6. The second-order valence-electron chi connectivity index (χ2n) is 10.4. The highest BCUT2D eigenvalue weighted by molar-refractivity contribution is 5.71. The van der Waals surface area contributed by atoms with Crippen molar-refractivity contribution in [3.8, 4) is 34.5 Å². The molecular formula is C31H33NO10. The molecule has 0 N–H and O–H groups in total. The Balaban J connectivity index is 1.92. The molecule has 0 spiro atoms. The number of rotatable bonds is 9. The summed E-state index contributed by atoms with van der Waals surface area (Å²) >= 11 is 0. The maximum atomic E-state index is 12.6. The van der Waals surface area contributed by atoms with E-state index < -0.39 is 28.3 Å². The van der Waals surface area contributed by atoms with E-state index in [2.05, 4.69) is 0 Å². The molecule has 42 heavy (non-hydrogen) atoms. The summed E-state index contributed by atoms with van der Waals surface area (Å²) in [6, 6.07) is 10.4. The molecule has 0 saturated carbocycles. The van der Waals surface area contributed by atoms with Gasteiger partial charge in [-0.1, -0.05) is 6.92 Å². The van der Waals surface area contributed by atoms with E-state index >= 15 is 0 Å². The fraction of sp³-hybridized carbons (Fsp3) is 0.387. The van der Waals surface area contributed by atoms with Crippen molar-refractivity contribution >= 4 is 11.7 Å². The van der Waals surface area contributed by atoms with Crippen molar-refractivity contribution in [3.05, 3.63) is 74.3 Å². The summed E-state index contributed by atoms with van der Waals surface area (Å²) in [5, 5.41) is 12.6. The minimum Gasteiger partial charge on any atom is -0.493 e. The molecule has 2 aliphatic carbocycles. The van der Waals surface area contributed by atoms with Crippen molar-refractivity contribution in [2.24, 2.45) is 5.41 Å². The van der Waals surface area contributed by atoms with Gasteiger partial charge in [-0.25, -0.2) is 0 Å². The molecule has 3 aromatic carbocycles. The first-order valence-electron chi connectivity index (χ1n) is 13.2. The third-order valence-electron chi connectivity index (χ3n) is 8.53. The van der Waals surface area contributed by atoms with Gasteiger partial charge in [-0.15, -0.1) is 0 Å². The molecule has 3 aromatic rings. The Morgan fingerprint density at radius 2 is 0.976 bits per heavy atom. The first-order chi connectivity index (χ1) is 20.1. The normalized spacial score (nSPS) is 21.5. The smallest absolute Gasteiger partial charge is 0.303 e. The molecule has 4 atom stereocenters. The zero-order valence-corrected chi connectivity index (χ0v) is 24.7. The van der Waals surface area contributed by atoms with Crippen LogP contribution in [0.3, 0.4) is 0 Å². The van der Waals surface area contributed by atoms with Crippen molar-refractivity contribution in [2.45, 2.75) is 31.8 Å². The average molecular weight is 580 g/mol. The van der Waals surface area contributed by atoms with Crippen LogP contribution >= 0.6 is 0 Å². The first kappa shape index (κ1) is 28.8. The van der Waals surface area contributed by atoms with E-state index in [1.807, 2.05) is 31.2 Å². The Morgan fingerprint density at radius 3 is 1.36 bits per heavy atom. The molecule has 0 fully saturated rings. The number of nitrogens with zero attached hydrogens (tertiary/aromatic N) is 1. The molecule has 0 amide bonds. The number of hydrogen-bond donors (Lipinski definition) is 0. The lowest BCUT2D eigenvalue weighted by Gasteiger charge is -2.37. The van der Waals surface area contributed by atoms with Gasteiger partial charge in [0.1, 0.15) is 6.10 Å². The molecule has 0 aromatic heterocycles. The number of nitro benzene ring substituents is 1. The fourth-order valence-electron chi connectivity index (χ4n) is 6.91. The van der Waals surface area contributed by atoms with Gasteiger partial charge in [0.05, 0.1) is 53.6 Å². The molecule has 0 aliphatic heterocycles. The maximum Gasteiger partial charge on any atom is 0.303 e. The van der Waals surface area contributed by atoms with Gasteiger partial charge in [-0.3, -0.25) is 14.9 Å².